The zero-order valence-electron chi connectivity index (χ0n) is 18.0. The molecule has 0 bridgehead atoms. The standard InChI is InChI=1S/C21H26F4N6O2/c1-30(9-13-2-4-15(5-3-13)21(23,24)25)20-18(22)19(28-12-29-20)27-8-14-6-7-31(10-16(14)32)11-17(26)33/h2-5,12,14,16,32H,6-11H2,1H3,(H2,26,33)(H,27,28,29)/t14-,16-/m1/s1. The number of hydrogen-bond acceptors (Lipinski definition) is 7. The van der Waals surface area contributed by atoms with Crippen molar-refractivity contribution in [3.05, 3.63) is 47.5 Å². The van der Waals surface area contributed by atoms with Crippen molar-refractivity contribution in [2.24, 2.45) is 11.7 Å². The van der Waals surface area contributed by atoms with Crippen molar-refractivity contribution in [3.63, 3.8) is 0 Å². The van der Waals surface area contributed by atoms with Crippen LogP contribution in [0.5, 0.6) is 0 Å². The van der Waals surface area contributed by atoms with Gasteiger partial charge in [-0.1, -0.05) is 12.1 Å². The first kappa shape index (κ1) is 24.6. The molecule has 3 rings (SSSR count). The van der Waals surface area contributed by atoms with Crippen LogP contribution in [0.2, 0.25) is 0 Å². The summed E-state index contributed by atoms with van der Waals surface area (Å²) in [6, 6.07) is 4.63. The molecule has 33 heavy (non-hydrogen) atoms. The van der Waals surface area contributed by atoms with Gasteiger partial charge in [0.05, 0.1) is 18.2 Å². The molecule has 0 radical (unpaired) electrons. The number of β-amino-alcohol motifs (C(OH)–C–C–N with tert-alkyl or cyclic N) is 1. The van der Waals surface area contributed by atoms with Gasteiger partial charge in [0.25, 0.3) is 0 Å². The Hall–Kier alpha value is -2.99. The maximum Gasteiger partial charge on any atom is 0.416 e. The number of aliphatic hydroxyl groups excluding tert-OH is 1. The Kier molecular flexibility index (Phi) is 7.69. The van der Waals surface area contributed by atoms with E-state index in [4.69, 9.17) is 5.73 Å². The van der Waals surface area contributed by atoms with Crippen molar-refractivity contribution in [2.45, 2.75) is 25.2 Å². The number of benzene rings is 1. The number of rotatable bonds is 8. The molecular weight excluding hydrogens is 444 g/mol. The highest BCUT2D eigenvalue weighted by Gasteiger charge is 2.30. The number of aromatic nitrogens is 2. The first-order valence-corrected chi connectivity index (χ1v) is 10.3. The van der Waals surface area contributed by atoms with E-state index in [9.17, 15) is 23.1 Å². The number of amides is 1. The SMILES string of the molecule is CN(Cc1ccc(C(F)(F)F)cc1)c1ncnc(NC[C@H]2CCN(CC(N)=O)C[C@H]2O)c1F. The van der Waals surface area contributed by atoms with E-state index < -0.39 is 29.6 Å². The topological polar surface area (TPSA) is 108 Å². The molecule has 1 aromatic carbocycles. The molecule has 1 aromatic heterocycles. The number of hydrogen-bond donors (Lipinski definition) is 3. The van der Waals surface area contributed by atoms with Crippen molar-refractivity contribution < 1.29 is 27.5 Å². The lowest BCUT2D eigenvalue weighted by Crippen LogP contribution is -2.48. The van der Waals surface area contributed by atoms with Gasteiger partial charge >= 0.3 is 6.18 Å². The molecule has 8 nitrogen and oxygen atoms in total. The van der Waals surface area contributed by atoms with Gasteiger partial charge in [-0.05, 0) is 30.7 Å². The molecule has 2 atom stereocenters. The number of carbonyl (C=O) groups is 1. The van der Waals surface area contributed by atoms with E-state index in [1.807, 2.05) is 0 Å². The summed E-state index contributed by atoms with van der Waals surface area (Å²) in [5.41, 5.74) is 4.99. The minimum absolute atomic E-state index is 0.00998. The van der Waals surface area contributed by atoms with Crippen LogP contribution in [0, 0.1) is 11.7 Å². The highest BCUT2D eigenvalue weighted by atomic mass is 19.4. The molecule has 180 valence electrons. The molecule has 1 aliphatic rings. The van der Waals surface area contributed by atoms with Crippen LogP contribution < -0.4 is 16.0 Å². The zero-order chi connectivity index (χ0) is 24.2. The minimum atomic E-state index is -4.42. The molecule has 1 saturated heterocycles. The molecule has 0 unspecified atom stereocenters. The zero-order valence-corrected chi connectivity index (χ0v) is 18.0. The summed E-state index contributed by atoms with van der Waals surface area (Å²) >= 11 is 0. The number of carbonyl (C=O) groups excluding carboxylic acids is 1. The summed E-state index contributed by atoms with van der Waals surface area (Å²) in [5, 5.41) is 13.2. The summed E-state index contributed by atoms with van der Waals surface area (Å²) < 4.78 is 53.2. The van der Waals surface area contributed by atoms with Crippen molar-refractivity contribution in [1.82, 2.24) is 14.9 Å². The molecular formula is C21H26F4N6O2. The Bertz CT molecular complexity index is 957. The van der Waals surface area contributed by atoms with Crippen LogP contribution in [0.1, 0.15) is 17.5 Å². The predicted molar refractivity (Wildman–Crippen MR) is 114 cm³/mol. The van der Waals surface area contributed by atoms with Gasteiger partial charge in [0, 0.05) is 32.6 Å². The third-order valence-corrected chi connectivity index (χ3v) is 5.55. The lowest BCUT2D eigenvalue weighted by atomic mass is 9.94. The van der Waals surface area contributed by atoms with E-state index in [1.54, 1.807) is 11.9 Å². The fraction of sp³-hybridized carbons (Fsp3) is 0.476. The lowest BCUT2D eigenvalue weighted by molar-refractivity contribution is -0.137. The maximum absolute atomic E-state index is 15.0. The van der Waals surface area contributed by atoms with Crippen LogP contribution in [0.25, 0.3) is 0 Å². The Morgan fingerprint density at radius 1 is 1.30 bits per heavy atom. The molecule has 0 saturated carbocycles. The lowest BCUT2D eigenvalue weighted by Gasteiger charge is -2.35. The molecule has 12 heteroatoms. The maximum atomic E-state index is 15.0. The minimum Gasteiger partial charge on any atom is -0.391 e. The molecule has 1 fully saturated rings. The van der Waals surface area contributed by atoms with Gasteiger partial charge in [-0.25, -0.2) is 9.97 Å². The van der Waals surface area contributed by atoms with Crippen LogP contribution >= 0.6 is 0 Å². The first-order chi connectivity index (χ1) is 15.5. The summed E-state index contributed by atoms with van der Waals surface area (Å²) in [4.78, 5) is 22.2. The van der Waals surface area contributed by atoms with E-state index in [-0.39, 0.29) is 37.2 Å². The quantitative estimate of drug-likeness (QED) is 0.506. The largest absolute Gasteiger partial charge is 0.416 e. The van der Waals surface area contributed by atoms with Crippen LogP contribution in [0.15, 0.2) is 30.6 Å². The Morgan fingerprint density at radius 3 is 2.61 bits per heavy atom. The van der Waals surface area contributed by atoms with E-state index in [2.05, 4.69) is 15.3 Å². The van der Waals surface area contributed by atoms with Gasteiger partial charge in [-0.3, -0.25) is 9.69 Å². The van der Waals surface area contributed by atoms with E-state index in [1.165, 1.54) is 23.4 Å². The third kappa shape index (κ3) is 6.51. The van der Waals surface area contributed by atoms with Gasteiger partial charge in [-0.2, -0.15) is 17.6 Å². The molecule has 2 aromatic rings. The number of halogens is 4. The first-order valence-electron chi connectivity index (χ1n) is 10.3. The summed E-state index contributed by atoms with van der Waals surface area (Å²) in [6.45, 7) is 1.36. The monoisotopic (exact) mass is 470 g/mol. The summed E-state index contributed by atoms with van der Waals surface area (Å²) in [5.74, 6) is -1.38. The number of alkyl halides is 3. The van der Waals surface area contributed by atoms with Crippen molar-refractivity contribution >= 4 is 17.5 Å². The smallest absolute Gasteiger partial charge is 0.391 e. The molecule has 0 aliphatic carbocycles. The van der Waals surface area contributed by atoms with Crippen LogP contribution in [-0.4, -0.2) is 65.2 Å². The van der Waals surface area contributed by atoms with Crippen molar-refractivity contribution in [3.8, 4) is 0 Å². The fourth-order valence-corrected chi connectivity index (χ4v) is 3.77. The molecule has 2 heterocycles. The number of nitrogens with two attached hydrogens (primary N) is 1. The molecule has 0 spiro atoms. The number of nitrogens with one attached hydrogen (secondary N) is 1. The van der Waals surface area contributed by atoms with Gasteiger partial charge in [0.1, 0.15) is 6.33 Å². The second-order valence-corrected chi connectivity index (χ2v) is 8.11. The highest BCUT2D eigenvalue weighted by molar-refractivity contribution is 5.75. The number of primary amides is 1. The molecule has 4 N–H and O–H groups in total. The van der Waals surface area contributed by atoms with Gasteiger partial charge < -0.3 is 21.1 Å². The number of piperidine rings is 1. The van der Waals surface area contributed by atoms with Gasteiger partial charge in [0.15, 0.2) is 11.6 Å². The second-order valence-electron chi connectivity index (χ2n) is 8.11. The van der Waals surface area contributed by atoms with Crippen LogP contribution in [-0.2, 0) is 17.5 Å². The number of anilines is 2. The summed E-state index contributed by atoms with van der Waals surface area (Å²) in [7, 11) is 1.57. The van der Waals surface area contributed by atoms with E-state index in [0.29, 0.717) is 25.1 Å². The average Bonchev–Trinajstić information content (AvgIpc) is 2.73. The second kappa shape index (κ2) is 10.3. The van der Waals surface area contributed by atoms with Crippen LogP contribution in [0.3, 0.4) is 0 Å². The Labute approximate surface area is 188 Å². The van der Waals surface area contributed by atoms with E-state index in [0.717, 1.165) is 12.1 Å². The Morgan fingerprint density at radius 2 is 2.00 bits per heavy atom. The van der Waals surface area contributed by atoms with E-state index >= 15 is 4.39 Å². The Balaban J connectivity index is 1.60. The number of likely N-dealkylation sites (tertiary alicyclic amines) is 1. The molecule has 1 aliphatic heterocycles. The average molecular weight is 470 g/mol. The number of aliphatic hydroxyl groups is 1. The van der Waals surface area contributed by atoms with Gasteiger partial charge in [0.2, 0.25) is 11.7 Å². The molecule has 1 amide bonds. The number of nitrogens with zero attached hydrogens (tertiary/aromatic N) is 4. The summed E-state index contributed by atoms with van der Waals surface area (Å²) in [6.07, 6.45) is -3.35. The fourth-order valence-electron chi connectivity index (χ4n) is 3.77. The highest BCUT2D eigenvalue weighted by Crippen LogP contribution is 2.29. The predicted octanol–water partition coefficient (Wildman–Crippen LogP) is 1.85. The van der Waals surface area contributed by atoms with Crippen molar-refractivity contribution in [2.75, 3.05) is 43.4 Å². The van der Waals surface area contributed by atoms with Gasteiger partial charge in [-0.15, -0.1) is 0 Å². The third-order valence-electron chi connectivity index (χ3n) is 5.55. The normalized spacial score (nSPS) is 19.3. The van der Waals surface area contributed by atoms with Crippen LogP contribution in [0.4, 0.5) is 29.2 Å². The van der Waals surface area contributed by atoms with Crippen molar-refractivity contribution in [1.29, 1.82) is 0 Å².